The molecule has 0 bridgehead atoms. The monoisotopic (exact) mass is 290 g/mol. The SMILES string of the molecule is COCCNCCN(C)Cc1cc(Cl)cc(Cl)c1. The van der Waals surface area contributed by atoms with E-state index >= 15 is 0 Å². The molecule has 0 spiro atoms. The lowest BCUT2D eigenvalue weighted by atomic mass is 10.2. The van der Waals surface area contributed by atoms with E-state index in [4.69, 9.17) is 27.9 Å². The molecule has 0 saturated carbocycles. The van der Waals surface area contributed by atoms with E-state index in [0.29, 0.717) is 10.0 Å². The minimum Gasteiger partial charge on any atom is -0.383 e. The molecule has 102 valence electrons. The average Bonchev–Trinajstić information content (AvgIpc) is 2.27. The molecule has 0 fully saturated rings. The molecule has 18 heavy (non-hydrogen) atoms. The van der Waals surface area contributed by atoms with Crippen molar-refractivity contribution in [3.05, 3.63) is 33.8 Å². The van der Waals surface area contributed by atoms with Crippen molar-refractivity contribution in [2.24, 2.45) is 0 Å². The van der Waals surface area contributed by atoms with Gasteiger partial charge in [0.05, 0.1) is 6.61 Å². The van der Waals surface area contributed by atoms with Crippen LogP contribution in [0.15, 0.2) is 18.2 Å². The largest absolute Gasteiger partial charge is 0.383 e. The fraction of sp³-hybridized carbons (Fsp3) is 0.538. The van der Waals surface area contributed by atoms with Gasteiger partial charge in [0.25, 0.3) is 0 Å². The Bertz CT molecular complexity index is 341. The Hall–Kier alpha value is -0.320. The quantitative estimate of drug-likeness (QED) is 0.745. The number of ether oxygens (including phenoxy) is 1. The lowest BCUT2D eigenvalue weighted by Gasteiger charge is -2.17. The molecule has 5 heteroatoms. The topological polar surface area (TPSA) is 24.5 Å². The highest BCUT2D eigenvalue weighted by Gasteiger charge is 2.02. The third kappa shape index (κ3) is 6.57. The Kier molecular flexibility index (Phi) is 7.63. The summed E-state index contributed by atoms with van der Waals surface area (Å²) in [7, 11) is 3.78. The third-order valence-electron chi connectivity index (χ3n) is 2.53. The molecule has 0 unspecified atom stereocenters. The summed E-state index contributed by atoms with van der Waals surface area (Å²) in [6, 6.07) is 5.64. The van der Waals surface area contributed by atoms with Crippen LogP contribution in [0.25, 0.3) is 0 Å². The minimum absolute atomic E-state index is 0.684. The molecule has 0 aliphatic carbocycles. The van der Waals surface area contributed by atoms with Gasteiger partial charge in [0.1, 0.15) is 0 Å². The van der Waals surface area contributed by atoms with Gasteiger partial charge in [-0.2, -0.15) is 0 Å². The Morgan fingerprint density at radius 1 is 1.17 bits per heavy atom. The molecule has 1 aromatic rings. The van der Waals surface area contributed by atoms with Crippen LogP contribution in [-0.2, 0) is 11.3 Å². The first kappa shape index (κ1) is 15.7. The van der Waals surface area contributed by atoms with Crippen molar-refractivity contribution in [1.82, 2.24) is 10.2 Å². The van der Waals surface area contributed by atoms with Crippen molar-refractivity contribution < 1.29 is 4.74 Å². The maximum Gasteiger partial charge on any atom is 0.0587 e. The van der Waals surface area contributed by atoms with Gasteiger partial charge in [0.2, 0.25) is 0 Å². The van der Waals surface area contributed by atoms with Crippen LogP contribution in [0.4, 0.5) is 0 Å². The standard InChI is InChI=1S/C13H20Cl2N2O/c1-17(5-3-16-4-6-18-2)10-11-7-12(14)9-13(15)8-11/h7-9,16H,3-6,10H2,1-2H3. The van der Waals surface area contributed by atoms with Gasteiger partial charge >= 0.3 is 0 Å². The van der Waals surface area contributed by atoms with Crippen LogP contribution in [0.5, 0.6) is 0 Å². The predicted molar refractivity (Wildman–Crippen MR) is 77.5 cm³/mol. The molecule has 0 amide bonds. The number of hydrogen-bond acceptors (Lipinski definition) is 3. The van der Waals surface area contributed by atoms with Crippen LogP contribution < -0.4 is 5.32 Å². The van der Waals surface area contributed by atoms with Crippen molar-refractivity contribution in [3.8, 4) is 0 Å². The fourth-order valence-corrected chi connectivity index (χ4v) is 2.23. The van der Waals surface area contributed by atoms with Gasteiger partial charge in [-0.15, -0.1) is 0 Å². The Labute approximate surface area is 119 Å². The van der Waals surface area contributed by atoms with Gasteiger partial charge in [0, 0.05) is 43.3 Å². The Morgan fingerprint density at radius 3 is 2.44 bits per heavy atom. The van der Waals surface area contributed by atoms with Crippen LogP contribution in [-0.4, -0.2) is 45.3 Å². The summed E-state index contributed by atoms with van der Waals surface area (Å²) in [6.45, 7) is 4.37. The number of methoxy groups -OCH3 is 1. The summed E-state index contributed by atoms with van der Waals surface area (Å²) in [6.07, 6.45) is 0. The molecule has 0 aliphatic heterocycles. The summed E-state index contributed by atoms with van der Waals surface area (Å²) in [5.74, 6) is 0. The normalized spacial score (nSPS) is 11.2. The average molecular weight is 291 g/mol. The van der Waals surface area contributed by atoms with Gasteiger partial charge in [-0.25, -0.2) is 0 Å². The minimum atomic E-state index is 0.684. The first-order chi connectivity index (χ1) is 8.61. The zero-order valence-electron chi connectivity index (χ0n) is 10.9. The van der Waals surface area contributed by atoms with E-state index in [0.717, 1.165) is 38.3 Å². The highest BCUT2D eigenvalue weighted by atomic mass is 35.5. The van der Waals surface area contributed by atoms with E-state index in [1.54, 1.807) is 13.2 Å². The first-order valence-corrected chi connectivity index (χ1v) is 6.70. The number of halogens is 2. The van der Waals surface area contributed by atoms with E-state index in [1.165, 1.54) is 0 Å². The van der Waals surface area contributed by atoms with Crippen molar-refractivity contribution in [2.75, 3.05) is 40.4 Å². The van der Waals surface area contributed by atoms with Crippen LogP contribution in [0, 0.1) is 0 Å². The van der Waals surface area contributed by atoms with Crippen LogP contribution >= 0.6 is 23.2 Å². The molecular formula is C13H20Cl2N2O. The second-order valence-corrected chi connectivity index (χ2v) is 5.13. The maximum atomic E-state index is 5.97. The highest BCUT2D eigenvalue weighted by molar-refractivity contribution is 6.34. The fourth-order valence-electron chi connectivity index (χ4n) is 1.66. The highest BCUT2D eigenvalue weighted by Crippen LogP contribution is 2.19. The molecule has 0 radical (unpaired) electrons. The van der Waals surface area contributed by atoms with E-state index in [2.05, 4.69) is 17.3 Å². The van der Waals surface area contributed by atoms with Crippen molar-refractivity contribution >= 4 is 23.2 Å². The van der Waals surface area contributed by atoms with E-state index in [1.807, 2.05) is 12.1 Å². The molecular weight excluding hydrogens is 271 g/mol. The molecule has 0 heterocycles. The molecule has 1 rings (SSSR count). The molecule has 3 nitrogen and oxygen atoms in total. The molecule has 0 aromatic heterocycles. The van der Waals surface area contributed by atoms with Gasteiger partial charge in [-0.3, -0.25) is 0 Å². The van der Waals surface area contributed by atoms with E-state index in [9.17, 15) is 0 Å². The van der Waals surface area contributed by atoms with Gasteiger partial charge in [-0.05, 0) is 30.8 Å². The van der Waals surface area contributed by atoms with Crippen LogP contribution in [0.1, 0.15) is 5.56 Å². The first-order valence-electron chi connectivity index (χ1n) is 5.95. The molecule has 0 saturated heterocycles. The van der Waals surface area contributed by atoms with Crippen LogP contribution in [0.2, 0.25) is 10.0 Å². The Morgan fingerprint density at radius 2 is 1.83 bits per heavy atom. The lowest BCUT2D eigenvalue weighted by molar-refractivity contribution is 0.197. The zero-order valence-corrected chi connectivity index (χ0v) is 12.4. The smallest absolute Gasteiger partial charge is 0.0587 e. The van der Waals surface area contributed by atoms with Gasteiger partial charge in [0.15, 0.2) is 0 Å². The third-order valence-corrected chi connectivity index (χ3v) is 2.96. The summed E-state index contributed by atoms with van der Waals surface area (Å²) < 4.78 is 4.97. The van der Waals surface area contributed by atoms with Gasteiger partial charge in [-0.1, -0.05) is 23.2 Å². The summed E-state index contributed by atoms with van der Waals surface area (Å²) in [5.41, 5.74) is 1.13. The zero-order chi connectivity index (χ0) is 13.4. The van der Waals surface area contributed by atoms with Crippen molar-refractivity contribution in [1.29, 1.82) is 0 Å². The van der Waals surface area contributed by atoms with Crippen molar-refractivity contribution in [2.45, 2.75) is 6.54 Å². The number of nitrogens with one attached hydrogen (secondary N) is 1. The summed E-state index contributed by atoms with van der Waals surface area (Å²) in [4.78, 5) is 2.22. The molecule has 1 N–H and O–H groups in total. The summed E-state index contributed by atoms with van der Waals surface area (Å²) >= 11 is 11.9. The molecule has 0 aliphatic rings. The lowest BCUT2D eigenvalue weighted by Crippen LogP contribution is -2.30. The number of likely N-dealkylation sites (N-methyl/N-ethyl adjacent to an activating group) is 1. The second-order valence-electron chi connectivity index (χ2n) is 4.26. The van der Waals surface area contributed by atoms with E-state index < -0.39 is 0 Å². The number of rotatable bonds is 8. The maximum absolute atomic E-state index is 5.97. The number of nitrogens with zero attached hydrogens (tertiary/aromatic N) is 1. The number of hydrogen-bond donors (Lipinski definition) is 1. The van der Waals surface area contributed by atoms with E-state index in [-0.39, 0.29) is 0 Å². The Balaban J connectivity index is 2.28. The number of benzene rings is 1. The molecule has 0 atom stereocenters. The molecule has 1 aromatic carbocycles. The summed E-state index contributed by atoms with van der Waals surface area (Å²) in [5, 5.41) is 4.68. The van der Waals surface area contributed by atoms with Crippen molar-refractivity contribution in [3.63, 3.8) is 0 Å². The van der Waals surface area contributed by atoms with Gasteiger partial charge < -0.3 is 15.0 Å². The second kappa shape index (κ2) is 8.73. The van der Waals surface area contributed by atoms with Crippen LogP contribution in [0.3, 0.4) is 0 Å². The predicted octanol–water partition coefficient (Wildman–Crippen LogP) is 2.66.